The molecule has 0 saturated heterocycles. The molecule has 0 aromatic carbocycles. The Morgan fingerprint density at radius 1 is 1.62 bits per heavy atom. The number of rotatable bonds is 2. The van der Waals surface area contributed by atoms with Crippen molar-refractivity contribution < 1.29 is 0 Å². The minimum atomic E-state index is -0.151. The molecule has 70 valence electrons. The Morgan fingerprint density at radius 3 is 2.92 bits per heavy atom. The maximum atomic E-state index is 11.4. The Balaban J connectivity index is 2.37. The summed E-state index contributed by atoms with van der Waals surface area (Å²) in [6, 6.07) is 1.51. The van der Waals surface area contributed by atoms with Gasteiger partial charge in [-0.3, -0.25) is 4.79 Å². The SMILES string of the molecule is NC(c1cc(Cl)c[nH]c1=O)C1CC1. The molecule has 1 aliphatic rings. The number of hydrogen-bond acceptors (Lipinski definition) is 2. The van der Waals surface area contributed by atoms with E-state index in [9.17, 15) is 4.79 Å². The quantitative estimate of drug-likeness (QED) is 0.756. The number of hydrogen-bond donors (Lipinski definition) is 2. The van der Waals surface area contributed by atoms with Crippen LogP contribution in [0.4, 0.5) is 0 Å². The number of aromatic amines is 1. The van der Waals surface area contributed by atoms with Gasteiger partial charge in [-0.1, -0.05) is 11.6 Å². The summed E-state index contributed by atoms with van der Waals surface area (Å²) in [5.74, 6) is 0.472. The Hall–Kier alpha value is -0.800. The first-order chi connectivity index (χ1) is 6.18. The Kier molecular flexibility index (Phi) is 2.14. The van der Waals surface area contributed by atoms with Crippen LogP contribution in [0.2, 0.25) is 5.02 Å². The summed E-state index contributed by atoms with van der Waals surface area (Å²) in [7, 11) is 0. The first-order valence-corrected chi connectivity index (χ1v) is 4.70. The van der Waals surface area contributed by atoms with Crippen LogP contribution in [0.1, 0.15) is 24.4 Å². The second-order valence-electron chi connectivity index (χ2n) is 3.47. The molecule has 3 N–H and O–H groups in total. The third-order valence-corrected chi connectivity index (χ3v) is 2.60. The highest BCUT2D eigenvalue weighted by Crippen LogP contribution is 2.38. The number of aromatic nitrogens is 1. The molecule has 0 radical (unpaired) electrons. The van der Waals surface area contributed by atoms with Gasteiger partial charge in [0.1, 0.15) is 0 Å². The fourth-order valence-corrected chi connectivity index (χ4v) is 1.60. The lowest BCUT2D eigenvalue weighted by molar-refractivity contribution is 0.625. The molecular formula is C9H11ClN2O. The Morgan fingerprint density at radius 2 is 2.31 bits per heavy atom. The summed E-state index contributed by atoms with van der Waals surface area (Å²) in [5, 5.41) is 0.533. The molecule has 1 heterocycles. The van der Waals surface area contributed by atoms with Gasteiger partial charge in [-0.2, -0.15) is 0 Å². The molecule has 1 fully saturated rings. The van der Waals surface area contributed by atoms with Crippen molar-refractivity contribution in [3.05, 3.63) is 33.2 Å². The van der Waals surface area contributed by atoms with E-state index in [0.717, 1.165) is 12.8 Å². The van der Waals surface area contributed by atoms with Crippen LogP contribution in [0.25, 0.3) is 0 Å². The Bertz CT molecular complexity index is 370. The van der Waals surface area contributed by atoms with Crippen LogP contribution in [0.3, 0.4) is 0 Å². The number of nitrogens with one attached hydrogen (secondary N) is 1. The molecule has 3 nitrogen and oxygen atoms in total. The molecule has 1 unspecified atom stereocenters. The summed E-state index contributed by atoms with van der Waals surface area (Å²) in [6.07, 6.45) is 3.72. The Labute approximate surface area is 80.9 Å². The molecule has 1 aromatic heterocycles. The zero-order valence-electron chi connectivity index (χ0n) is 7.09. The van der Waals surface area contributed by atoms with Crippen molar-refractivity contribution in [2.24, 2.45) is 11.7 Å². The van der Waals surface area contributed by atoms with E-state index in [-0.39, 0.29) is 11.6 Å². The smallest absolute Gasteiger partial charge is 0.252 e. The van der Waals surface area contributed by atoms with Crippen molar-refractivity contribution in [1.82, 2.24) is 4.98 Å². The number of pyridine rings is 1. The molecule has 1 saturated carbocycles. The van der Waals surface area contributed by atoms with Gasteiger partial charge in [0, 0.05) is 17.8 Å². The molecule has 0 bridgehead atoms. The molecule has 0 aliphatic heterocycles. The van der Waals surface area contributed by atoms with Crippen molar-refractivity contribution in [3.63, 3.8) is 0 Å². The van der Waals surface area contributed by atoms with Crippen LogP contribution in [0, 0.1) is 5.92 Å². The van der Waals surface area contributed by atoms with E-state index in [1.165, 1.54) is 6.20 Å². The van der Waals surface area contributed by atoms with Crippen LogP contribution in [-0.4, -0.2) is 4.98 Å². The van der Waals surface area contributed by atoms with E-state index in [4.69, 9.17) is 17.3 Å². The molecule has 2 rings (SSSR count). The van der Waals surface area contributed by atoms with Gasteiger partial charge < -0.3 is 10.7 Å². The highest BCUT2D eigenvalue weighted by Gasteiger charge is 2.30. The van der Waals surface area contributed by atoms with E-state index in [1.807, 2.05) is 0 Å². The third kappa shape index (κ3) is 1.76. The van der Waals surface area contributed by atoms with Crippen LogP contribution in [0.15, 0.2) is 17.1 Å². The van der Waals surface area contributed by atoms with Gasteiger partial charge in [-0.25, -0.2) is 0 Å². The second kappa shape index (κ2) is 3.16. The van der Waals surface area contributed by atoms with E-state index in [1.54, 1.807) is 6.07 Å². The highest BCUT2D eigenvalue weighted by molar-refractivity contribution is 6.30. The van der Waals surface area contributed by atoms with E-state index in [2.05, 4.69) is 4.98 Å². The minimum Gasteiger partial charge on any atom is -0.327 e. The zero-order valence-corrected chi connectivity index (χ0v) is 7.84. The van der Waals surface area contributed by atoms with Gasteiger partial charge in [0.05, 0.1) is 5.02 Å². The topological polar surface area (TPSA) is 58.9 Å². The largest absolute Gasteiger partial charge is 0.327 e. The molecule has 1 aliphatic carbocycles. The lowest BCUT2D eigenvalue weighted by Gasteiger charge is -2.08. The summed E-state index contributed by atoms with van der Waals surface area (Å²) >= 11 is 5.76. The molecule has 1 atom stereocenters. The lowest BCUT2D eigenvalue weighted by atomic mass is 10.1. The van der Waals surface area contributed by atoms with Gasteiger partial charge in [0.25, 0.3) is 5.56 Å². The van der Waals surface area contributed by atoms with E-state index >= 15 is 0 Å². The minimum absolute atomic E-state index is 0.121. The number of H-pyrrole nitrogens is 1. The molecule has 4 heteroatoms. The van der Waals surface area contributed by atoms with Crippen molar-refractivity contribution >= 4 is 11.6 Å². The summed E-state index contributed by atoms with van der Waals surface area (Å²) in [4.78, 5) is 13.9. The first-order valence-electron chi connectivity index (χ1n) is 4.32. The molecule has 0 spiro atoms. The van der Waals surface area contributed by atoms with Gasteiger partial charge in [-0.15, -0.1) is 0 Å². The van der Waals surface area contributed by atoms with Gasteiger partial charge in [-0.05, 0) is 24.8 Å². The summed E-state index contributed by atoms with van der Waals surface area (Å²) < 4.78 is 0. The fourth-order valence-electron chi connectivity index (χ4n) is 1.43. The summed E-state index contributed by atoms with van der Waals surface area (Å²) in [5.41, 5.74) is 6.38. The van der Waals surface area contributed by atoms with Crippen LogP contribution in [0.5, 0.6) is 0 Å². The molecule has 13 heavy (non-hydrogen) atoms. The van der Waals surface area contributed by atoms with Crippen LogP contribution >= 0.6 is 11.6 Å². The van der Waals surface area contributed by atoms with E-state index < -0.39 is 0 Å². The van der Waals surface area contributed by atoms with Crippen LogP contribution in [-0.2, 0) is 0 Å². The van der Waals surface area contributed by atoms with Crippen molar-refractivity contribution in [2.75, 3.05) is 0 Å². The first kappa shape index (κ1) is 8.78. The summed E-state index contributed by atoms with van der Waals surface area (Å²) in [6.45, 7) is 0. The van der Waals surface area contributed by atoms with Crippen molar-refractivity contribution in [2.45, 2.75) is 18.9 Å². The predicted octanol–water partition coefficient (Wildman–Crippen LogP) is 1.44. The average molecular weight is 199 g/mol. The van der Waals surface area contributed by atoms with Crippen molar-refractivity contribution in [1.29, 1.82) is 0 Å². The molecule has 0 amide bonds. The van der Waals surface area contributed by atoms with Gasteiger partial charge >= 0.3 is 0 Å². The number of halogens is 1. The normalized spacial score (nSPS) is 18.6. The second-order valence-corrected chi connectivity index (χ2v) is 3.90. The highest BCUT2D eigenvalue weighted by atomic mass is 35.5. The maximum Gasteiger partial charge on any atom is 0.252 e. The predicted molar refractivity (Wildman–Crippen MR) is 51.7 cm³/mol. The monoisotopic (exact) mass is 198 g/mol. The number of nitrogens with two attached hydrogens (primary N) is 1. The lowest BCUT2D eigenvalue weighted by Crippen LogP contribution is -2.22. The van der Waals surface area contributed by atoms with Crippen molar-refractivity contribution in [3.8, 4) is 0 Å². The van der Waals surface area contributed by atoms with Gasteiger partial charge in [0.15, 0.2) is 0 Å². The standard InChI is InChI=1S/C9H11ClN2O/c10-6-3-7(9(13)12-4-6)8(11)5-1-2-5/h3-5,8H,1-2,11H2,(H,12,13). The van der Waals surface area contributed by atoms with E-state index in [0.29, 0.717) is 16.5 Å². The fraction of sp³-hybridized carbons (Fsp3) is 0.444. The zero-order chi connectivity index (χ0) is 9.42. The average Bonchev–Trinajstić information content (AvgIpc) is 2.91. The third-order valence-electron chi connectivity index (χ3n) is 2.39. The van der Waals surface area contributed by atoms with Crippen LogP contribution < -0.4 is 11.3 Å². The maximum absolute atomic E-state index is 11.4. The molecular weight excluding hydrogens is 188 g/mol. The van der Waals surface area contributed by atoms with Gasteiger partial charge in [0.2, 0.25) is 0 Å². The molecule has 1 aromatic rings.